The Morgan fingerprint density at radius 3 is 2.10 bits per heavy atom. The number of hydrogen-bond donors (Lipinski definition) is 1. The maximum Gasteiger partial charge on any atom is 0.405 e. The Labute approximate surface area is 237 Å². The first-order valence-electron chi connectivity index (χ1n) is 13.1. The summed E-state index contributed by atoms with van der Waals surface area (Å²) in [5.41, 5.74) is 0.923. The molecule has 1 fully saturated rings. The van der Waals surface area contributed by atoms with E-state index >= 15 is 0 Å². The van der Waals surface area contributed by atoms with Crippen molar-refractivity contribution in [1.82, 2.24) is 0 Å². The fraction of sp³-hybridized carbons (Fsp3) is 0.400. The van der Waals surface area contributed by atoms with Gasteiger partial charge in [0.25, 0.3) is 0 Å². The molecule has 0 radical (unpaired) electrons. The Hall–Kier alpha value is -2.50. The van der Waals surface area contributed by atoms with E-state index in [1.54, 1.807) is 12.1 Å². The van der Waals surface area contributed by atoms with E-state index in [9.17, 15) is 17.2 Å². The molecule has 6 nitrogen and oxygen atoms in total. The van der Waals surface area contributed by atoms with E-state index in [-0.39, 0.29) is 11.9 Å². The molecule has 0 aromatic heterocycles. The molecule has 10 heteroatoms. The zero-order chi connectivity index (χ0) is 29.1. The summed E-state index contributed by atoms with van der Waals surface area (Å²) in [7, 11) is -6.15. The van der Waals surface area contributed by atoms with Crippen molar-refractivity contribution < 1.29 is 36.0 Å². The van der Waals surface area contributed by atoms with Crippen LogP contribution in [0.25, 0.3) is 0 Å². The molecule has 0 amide bonds. The Bertz CT molecular complexity index is 1370. The van der Waals surface area contributed by atoms with E-state index < -0.39 is 38.2 Å². The number of rotatable bonds is 8. The molecule has 1 N–H and O–H groups in total. The van der Waals surface area contributed by atoms with Crippen LogP contribution < -0.4 is 4.74 Å². The van der Waals surface area contributed by atoms with Gasteiger partial charge in [0.15, 0.2) is 26.6 Å². The van der Waals surface area contributed by atoms with Crippen molar-refractivity contribution in [1.29, 1.82) is 0 Å². The number of halogens is 2. The summed E-state index contributed by atoms with van der Waals surface area (Å²) in [6.45, 7) is 7.74. The van der Waals surface area contributed by atoms with Gasteiger partial charge < -0.3 is 14.2 Å². The highest BCUT2D eigenvalue weighted by Crippen LogP contribution is 2.37. The molecule has 1 heterocycles. The fourth-order valence-electron chi connectivity index (χ4n) is 4.75. The van der Waals surface area contributed by atoms with Gasteiger partial charge in [0.2, 0.25) is 0 Å². The minimum atomic E-state index is -5.62. The molecule has 40 heavy (non-hydrogen) atoms. The van der Waals surface area contributed by atoms with Crippen molar-refractivity contribution in [2.24, 2.45) is 5.92 Å². The van der Waals surface area contributed by atoms with Crippen molar-refractivity contribution in [3.63, 3.8) is 0 Å². The summed E-state index contributed by atoms with van der Waals surface area (Å²) < 4.78 is 76.6. The zero-order valence-electron chi connectivity index (χ0n) is 22.9. The van der Waals surface area contributed by atoms with Crippen LogP contribution in [0.3, 0.4) is 0 Å². The van der Waals surface area contributed by atoms with E-state index in [1.807, 2.05) is 49.4 Å². The molecule has 1 aliphatic heterocycles. The molecule has 4 rings (SSSR count). The zero-order valence-corrected chi connectivity index (χ0v) is 24.6. The molecule has 0 saturated carbocycles. The molecule has 5 unspecified atom stereocenters. The minimum Gasteiger partial charge on any atom is -0.483 e. The van der Waals surface area contributed by atoms with Crippen LogP contribution in [-0.4, -0.2) is 37.0 Å². The third-order valence-corrected chi connectivity index (χ3v) is 10.2. The fourth-order valence-corrected chi connectivity index (χ4v) is 7.28. The third-order valence-electron chi connectivity index (χ3n) is 6.93. The Morgan fingerprint density at radius 1 is 0.975 bits per heavy atom. The molecule has 1 aliphatic rings. The van der Waals surface area contributed by atoms with Gasteiger partial charge in [0, 0.05) is 5.56 Å². The lowest BCUT2D eigenvalue weighted by Gasteiger charge is -2.36. The molecule has 5 atom stereocenters. The summed E-state index contributed by atoms with van der Waals surface area (Å²) in [6.07, 6.45) is -0.0799. The first-order chi connectivity index (χ1) is 18.8. The molecule has 0 bridgehead atoms. The van der Waals surface area contributed by atoms with Crippen LogP contribution in [0.5, 0.6) is 5.75 Å². The van der Waals surface area contributed by atoms with Gasteiger partial charge in [-0.25, -0.2) is 0 Å². The summed E-state index contributed by atoms with van der Waals surface area (Å²) >= 11 is 0. The van der Waals surface area contributed by atoms with Crippen molar-refractivity contribution in [2.75, 3.05) is 6.61 Å². The standard InChI is InChI=1S/C30H34F2O6S2/c1-21-18-19-36-29(4,38-22(2)20-21)24-10-14-27(15-11-24)39(26-8-6-5-7-9-26)28-16-12-25(13-17-28)37-23(3)30(31,32)40(33,34)35/h5-17,21-23H,18-20H2,1-4H3/p+1. The van der Waals surface area contributed by atoms with Gasteiger partial charge in [0.1, 0.15) is 5.75 Å². The van der Waals surface area contributed by atoms with Gasteiger partial charge in [-0.2, -0.15) is 17.2 Å². The van der Waals surface area contributed by atoms with E-state index in [0.717, 1.165) is 40.0 Å². The second-order valence-electron chi connectivity index (χ2n) is 10.3. The van der Waals surface area contributed by atoms with Gasteiger partial charge in [-0.15, -0.1) is 0 Å². The third kappa shape index (κ3) is 6.86. The molecular formula is C30H35F2O6S2+. The predicted octanol–water partition coefficient (Wildman–Crippen LogP) is 7.05. The first-order valence-corrected chi connectivity index (χ1v) is 15.8. The number of benzene rings is 3. The SMILES string of the molecule is CC1CCOC(C)(c2ccc([S+](c3ccccc3)c3ccc(OC(C)C(F)(F)S(=O)(=O)O)cc3)cc2)OC(C)C1. The topological polar surface area (TPSA) is 82.1 Å². The predicted molar refractivity (Wildman–Crippen MR) is 150 cm³/mol. The molecule has 3 aromatic rings. The van der Waals surface area contributed by atoms with E-state index in [0.29, 0.717) is 12.5 Å². The van der Waals surface area contributed by atoms with Crippen LogP contribution in [0.15, 0.2) is 93.5 Å². The minimum absolute atomic E-state index is 0.0554. The summed E-state index contributed by atoms with van der Waals surface area (Å²) in [4.78, 5) is 3.00. The Kier molecular flexibility index (Phi) is 9.26. The molecule has 3 aromatic carbocycles. The number of ether oxygens (including phenoxy) is 3. The lowest BCUT2D eigenvalue weighted by atomic mass is 9.99. The van der Waals surface area contributed by atoms with Gasteiger partial charge >= 0.3 is 15.4 Å². The molecular weight excluding hydrogens is 558 g/mol. The van der Waals surface area contributed by atoms with Crippen molar-refractivity contribution in [3.8, 4) is 5.75 Å². The highest BCUT2D eigenvalue weighted by molar-refractivity contribution is 7.97. The summed E-state index contributed by atoms with van der Waals surface area (Å²) in [5.74, 6) is -0.265. The second kappa shape index (κ2) is 12.2. The van der Waals surface area contributed by atoms with E-state index in [2.05, 4.69) is 26.0 Å². The lowest BCUT2D eigenvalue weighted by molar-refractivity contribution is -0.266. The maximum atomic E-state index is 14.0. The Morgan fingerprint density at radius 2 is 1.52 bits per heavy atom. The van der Waals surface area contributed by atoms with Crippen molar-refractivity contribution in [2.45, 2.75) is 78.5 Å². The van der Waals surface area contributed by atoms with Gasteiger partial charge in [0.05, 0.1) is 23.6 Å². The summed E-state index contributed by atoms with van der Waals surface area (Å²) in [6, 6.07) is 24.6. The van der Waals surface area contributed by atoms with E-state index in [4.69, 9.17) is 18.8 Å². The second-order valence-corrected chi connectivity index (χ2v) is 13.8. The monoisotopic (exact) mass is 593 g/mol. The average molecular weight is 594 g/mol. The van der Waals surface area contributed by atoms with E-state index in [1.165, 1.54) is 12.1 Å². The maximum absolute atomic E-state index is 14.0. The summed E-state index contributed by atoms with van der Waals surface area (Å²) in [5, 5.41) is -4.45. The van der Waals surface area contributed by atoms with Crippen molar-refractivity contribution >= 4 is 21.0 Å². The van der Waals surface area contributed by atoms with Gasteiger partial charge in [-0.3, -0.25) is 4.55 Å². The van der Waals surface area contributed by atoms with Crippen LogP contribution in [-0.2, 0) is 36.3 Å². The van der Waals surface area contributed by atoms with Crippen LogP contribution in [0.2, 0.25) is 0 Å². The highest BCUT2D eigenvalue weighted by Gasteiger charge is 2.51. The molecule has 216 valence electrons. The molecule has 0 aliphatic carbocycles. The number of hydrogen-bond acceptors (Lipinski definition) is 5. The van der Waals surface area contributed by atoms with Crippen LogP contribution in [0.4, 0.5) is 8.78 Å². The van der Waals surface area contributed by atoms with Crippen LogP contribution in [0.1, 0.15) is 46.1 Å². The first kappa shape index (κ1) is 30.5. The largest absolute Gasteiger partial charge is 0.483 e. The normalized spacial score (nSPS) is 24.0. The molecule has 0 spiro atoms. The average Bonchev–Trinajstić information content (AvgIpc) is 2.89. The van der Waals surface area contributed by atoms with Crippen LogP contribution in [0, 0.1) is 5.92 Å². The Balaban J connectivity index is 1.61. The quantitative estimate of drug-likeness (QED) is 0.223. The van der Waals surface area contributed by atoms with Crippen LogP contribution >= 0.6 is 0 Å². The lowest BCUT2D eigenvalue weighted by Crippen LogP contribution is -2.42. The highest BCUT2D eigenvalue weighted by atomic mass is 32.2. The van der Waals surface area contributed by atoms with Crippen molar-refractivity contribution in [3.05, 3.63) is 84.4 Å². The smallest absolute Gasteiger partial charge is 0.405 e. The van der Waals surface area contributed by atoms with Gasteiger partial charge in [-0.1, -0.05) is 25.1 Å². The van der Waals surface area contributed by atoms with Gasteiger partial charge in [-0.05, 0) is 100 Å². The molecule has 1 saturated heterocycles. The number of alkyl halides is 2.